The highest BCUT2D eigenvalue weighted by Gasteiger charge is 2.10. The molecule has 0 unspecified atom stereocenters. The van der Waals surface area contributed by atoms with E-state index < -0.39 is 0 Å². The van der Waals surface area contributed by atoms with E-state index in [-0.39, 0.29) is 6.42 Å². The fourth-order valence-electron chi connectivity index (χ4n) is 1.53. The van der Waals surface area contributed by atoms with Crippen LogP contribution < -0.4 is 4.74 Å². The molecule has 0 fully saturated rings. The number of nitriles is 1. The Morgan fingerprint density at radius 3 is 2.94 bits per heavy atom. The summed E-state index contributed by atoms with van der Waals surface area (Å²) in [5.41, 5.74) is 1.59. The van der Waals surface area contributed by atoms with E-state index in [1.54, 1.807) is 19.2 Å². The topological polar surface area (TPSA) is 61.7 Å². The number of methoxy groups -OCH3 is 1. The Morgan fingerprint density at radius 1 is 1.56 bits per heavy atom. The highest BCUT2D eigenvalue weighted by atomic mass is 79.9. The maximum Gasteiger partial charge on any atom is 0.138 e. The van der Waals surface area contributed by atoms with Crippen molar-refractivity contribution in [3.05, 3.63) is 33.5 Å². The van der Waals surface area contributed by atoms with Crippen LogP contribution in [0.2, 0.25) is 5.02 Å². The molecule has 2 rings (SSSR count). The van der Waals surface area contributed by atoms with E-state index in [0.29, 0.717) is 21.2 Å². The summed E-state index contributed by atoms with van der Waals surface area (Å²) >= 11 is 9.37. The summed E-state index contributed by atoms with van der Waals surface area (Å²) in [7, 11) is 1.56. The van der Waals surface area contributed by atoms with Gasteiger partial charge in [0.25, 0.3) is 0 Å². The van der Waals surface area contributed by atoms with Gasteiger partial charge in [-0.3, -0.25) is 0 Å². The van der Waals surface area contributed by atoms with E-state index in [9.17, 15) is 0 Å². The number of aromatic nitrogens is 2. The number of hydrogen-bond donors (Lipinski definition) is 1. The Labute approximate surface area is 118 Å². The Hall–Kier alpha value is -1.51. The molecule has 0 atom stereocenters. The first-order valence-corrected chi connectivity index (χ1v) is 6.28. The predicted molar refractivity (Wildman–Crippen MR) is 72.6 cm³/mol. The second-order valence-electron chi connectivity index (χ2n) is 3.54. The first-order chi connectivity index (χ1) is 8.65. The fraction of sp³-hybridized carbons (Fsp3) is 0.167. The third-order valence-electron chi connectivity index (χ3n) is 2.41. The average Bonchev–Trinajstić information content (AvgIpc) is 2.71. The molecule has 0 aliphatic heterocycles. The van der Waals surface area contributed by atoms with E-state index in [0.717, 1.165) is 11.3 Å². The van der Waals surface area contributed by atoms with E-state index in [2.05, 4.69) is 32.0 Å². The van der Waals surface area contributed by atoms with Crippen molar-refractivity contribution in [2.45, 2.75) is 6.42 Å². The quantitative estimate of drug-likeness (QED) is 0.938. The number of nitrogens with one attached hydrogen (secondary N) is 1. The molecule has 2 aromatic rings. The summed E-state index contributed by atoms with van der Waals surface area (Å²) in [6.45, 7) is 0. The molecular formula is C12H9BrClN3O. The van der Waals surface area contributed by atoms with Gasteiger partial charge in [-0.2, -0.15) is 5.26 Å². The molecule has 0 radical (unpaired) electrons. The lowest BCUT2D eigenvalue weighted by atomic mass is 10.2. The highest BCUT2D eigenvalue weighted by Crippen LogP contribution is 2.30. The van der Waals surface area contributed by atoms with E-state index in [4.69, 9.17) is 21.6 Å². The average molecular weight is 327 g/mol. The molecule has 1 aromatic carbocycles. The normalized spacial score (nSPS) is 10.1. The maximum absolute atomic E-state index is 8.68. The standard InChI is InChI=1S/C12H9BrClN3O/c1-18-10-3-2-7(6-8(10)14)12-16-9(4-5-15)11(13)17-12/h2-3,6H,4H2,1H3,(H,16,17). The largest absolute Gasteiger partial charge is 0.495 e. The van der Waals surface area contributed by atoms with Crippen LogP contribution in [0.25, 0.3) is 11.4 Å². The number of aromatic amines is 1. The maximum atomic E-state index is 8.68. The van der Waals surface area contributed by atoms with Crippen molar-refractivity contribution in [2.75, 3.05) is 7.11 Å². The molecule has 92 valence electrons. The van der Waals surface area contributed by atoms with Crippen molar-refractivity contribution in [1.29, 1.82) is 5.26 Å². The summed E-state index contributed by atoms with van der Waals surface area (Å²) in [5.74, 6) is 1.28. The van der Waals surface area contributed by atoms with Crippen molar-refractivity contribution in [3.63, 3.8) is 0 Å². The molecule has 0 spiro atoms. The zero-order valence-electron chi connectivity index (χ0n) is 9.50. The minimum atomic E-state index is 0.275. The van der Waals surface area contributed by atoms with E-state index >= 15 is 0 Å². The van der Waals surface area contributed by atoms with Crippen LogP contribution in [0.15, 0.2) is 22.8 Å². The molecule has 6 heteroatoms. The molecule has 0 saturated heterocycles. The van der Waals surface area contributed by atoms with Crippen molar-refractivity contribution in [2.24, 2.45) is 0 Å². The minimum Gasteiger partial charge on any atom is -0.495 e. The van der Waals surface area contributed by atoms with Gasteiger partial charge in [0.05, 0.1) is 30.3 Å². The first kappa shape index (κ1) is 12.9. The van der Waals surface area contributed by atoms with Gasteiger partial charge in [0, 0.05) is 5.56 Å². The number of nitrogens with zero attached hydrogens (tertiary/aromatic N) is 2. The summed E-state index contributed by atoms with van der Waals surface area (Å²) in [6, 6.07) is 7.47. The lowest BCUT2D eigenvalue weighted by Crippen LogP contribution is -1.86. The molecule has 0 aliphatic rings. The molecule has 1 N–H and O–H groups in total. The lowest BCUT2D eigenvalue weighted by molar-refractivity contribution is 0.415. The summed E-state index contributed by atoms with van der Waals surface area (Å²) in [5, 5.41) is 9.20. The van der Waals surface area contributed by atoms with Crippen molar-refractivity contribution in [1.82, 2.24) is 9.97 Å². The molecule has 1 heterocycles. The Kier molecular flexibility index (Phi) is 3.90. The molecule has 0 bridgehead atoms. The van der Waals surface area contributed by atoms with Crippen LogP contribution >= 0.6 is 27.5 Å². The van der Waals surface area contributed by atoms with Crippen LogP contribution in [0.5, 0.6) is 5.75 Å². The zero-order valence-corrected chi connectivity index (χ0v) is 11.8. The molecule has 0 amide bonds. The molecule has 0 saturated carbocycles. The van der Waals surface area contributed by atoms with Gasteiger partial charge in [0.15, 0.2) is 0 Å². The van der Waals surface area contributed by atoms with Crippen LogP contribution in [0.4, 0.5) is 0 Å². The third-order valence-corrected chi connectivity index (χ3v) is 3.36. The van der Waals surface area contributed by atoms with Gasteiger partial charge < -0.3 is 9.72 Å². The van der Waals surface area contributed by atoms with Gasteiger partial charge in [-0.1, -0.05) is 11.6 Å². The van der Waals surface area contributed by atoms with E-state index in [1.165, 1.54) is 0 Å². The number of hydrogen-bond acceptors (Lipinski definition) is 3. The molecule has 1 aromatic heterocycles. The van der Waals surface area contributed by atoms with E-state index in [1.807, 2.05) is 6.07 Å². The summed E-state index contributed by atoms with van der Waals surface area (Å²) < 4.78 is 5.73. The van der Waals surface area contributed by atoms with Crippen molar-refractivity contribution >= 4 is 27.5 Å². The molecular weight excluding hydrogens is 318 g/mol. The summed E-state index contributed by atoms with van der Waals surface area (Å²) in [4.78, 5) is 7.39. The zero-order chi connectivity index (χ0) is 13.1. The molecule has 0 aliphatic carbocycles. The highest BCUT2D eigenvalue weighted by molar-refractivity contribution is 9.10. The third kappa shape index (κ3) is 2.50. The van der Waals surface area contributed by atoms with Gasteiger partial charge in [-0.05, 0) is 34.1 Å². The van der Waals surface area contributed by atoms with Crippen molar-refractivity contribution in [3.8, 4) is 23.2 Å². The van der Waals surface area contributed by atoms with Gasteiger partial charge >= 0.3 is 0 Å². The monoisotopic (exact) mass is 325 g/mol. The van der Waals surface area contributed by atoms with Gasteiger partial charge in [-0.15, -0.1) is 0 Å². The fourth-order valence-corrected chi connectivity index (χ4v) is 2.21. The lowest BCUT2D eigenvalue weighted by Gasteiger charge is -2.03. The molecule has 18 heavy (non-hydrogen) atoms. The van der Waals surface area contributed by atoms with Crippen molar-refractivity contribution < 1.29 is 4.74 Å². The van der Waals surface area contributed by atoms with Gasteiger partial charge in [0.1, 0.15) is 16.2 Å². The Balaban J connectivity index is 2.40. The second-order valence-corrected chi connectivity index (χ2v) is 4.70. The van der Waals surface area contributed by atoms with Gasteiger partial charge in [0.2, 0.25) is 0 Å². The minimum absolute atomic E-state index is 0.275. The number of rotatable bonds is 3. The number of benzene rings is 1. The van der Waals surface area contributed by atoms with Crippen LogP contribution in [-0.2, 0) is 6.42 Å². The Morgan fingerprint density at radius 2 is 2.33 bits per heavy atom. The number of halogens is 2. The predicted octanol–water partition coefficient (Wildman–Crippen LogP) is 3.57. The summed E-state index contributed by atoms with van der Waals surface area (Å²) in [6.07, 6.45) is 0.275. The number of ether oxygens (including phenoxy) is 1. The SMILES string of the molecule is COc1ccc(-c2nc(Br)c(CC#N)[nH]2)cc1Cl. The number of H-pyrrole nitrogens is 1. The molecule has 4 nitrogen and oxygen atoms in total. The smallest absolute Gasteiger partial charge is 0.138 e. The second kappa shape index (κ2) is 5.42. The van der Waals surface area contributed by atoms with Crippen LogP contribution in [0.3, 0.4) is 0 Å². The number of imidazole rings is 1. The Bertz CT molecular complexity index is 618. The van der Waals surface area contributed by atoms with Crippen LogP contribution in [0, 0.1) is 11.3 Å². The van der Waals surface area contributed by atoms with Gasteiger partial charge in [-0.25, -0.2) is 4.98 Å². The first-order valence-electron chi connectivity index (χ1n) is 5.11. The van der Waals surface area contributed by atoms with Crippen LogP contribution in [-0.4, -0.2) is 17.1 Å². The van der Waals surface area contributed by atoms with Crippen LogP contribution in [0.1, 0.15) is 5.69 Å².